The highest BCUT2D eigenvalue weighted by Gasteiger charge is 2.11. The highest BCUT2D eigenvalue weighted by molar-refractivity contribution is 5.89. The van der Waals surface area contributed by atoms with Gasteiger partial charge in [-0.1, -0.05) is 0 Å². The lowest BCUT2D eigenvalue weighted by molar-refractivity contribution is 0.0444. The summed E-state index contributed by atoms with van der Waals surface area (Å²) in [6.07, 6.45) is 11.4. The van der Waals surface area contributed by atoms with E-state index < -0.39 is 5.97 Å². The molecule has 3 heteroatoms. The lowest BCUT2D eigenvalue weighted by Crippen LogP contribution is -2.13. The van der Waals surface area contributed by atoms with Crippen LogP contribution in [0.15, 0.2) is 24.3 Å². The minimum Gasteiger partial charge on any atom is -0.508 e. The monoisotopic (exact) mass is 243 g/mol. The van der Waals surface area contributed by atoms with Crippen molar-refractivity contribution >= 4 is 5.97 Å². The maximum Gasteiger partial charge on any atom is 0.338 e. The second-order valence-corrected chi connectivity index (χ2v) is 3.81. The van der Waals surface area contributed by atoms with Crippen molar-refractivity contribution in [3.8, 4) is 30.4 Å². The molecule has 0 amide bonds. The first-order valence-electron chi connectivity index (χ1n) is 5.89. The molecule has 0 atom stereocenters. The summed E-state index contributed by atoms with van der Waals surface area (Å²) in [7, 11) is 0. The van der Waals surface area contributed by atoms with Crippen LogP contribution in [0.25, 0.3) is 0 Å². The third-order valence-electron chi connectivity index (χ3n) is 2.35. The third-order valence-corrected chi connectivity index (χ3v) is 2.35. The minimum absolute atomic E-state index is 0.0187. The number of ether oxygens (including phenoxy) is 1. The SMILES string of the molecule is [2H]Oc1ccc(C(=O)OCC(CC#C)CC#C)cc1. The number of terminal acetylenes is 2. The molecule has 0 fully saturated rings. The number of esters is 1. The molecule has 0 saturated heterocycles. The van der Waals surface area contributed by atoms with Gasteiger partial charge in [-0.3, -0.25) is 0 Å². The number of phenols is 1. The summed E-state index contributed by atoms with van der Waals surface area (Å²) in [5.41, 5.74) is 0.390. The van der Waals surface area contributed by atoms with Gasteiger partial charge < -0.3 is 9.85 Å². The van der Waals surface area contributed by atoms with E-state index in [0.29, 0.717) is 24.2 Å². The fourth-order valence-electron chi connectivity index (χ4n) is 1.39. The maximum absolute atomic E-state index is 11.7. The Balaban J connectivity index is 2.54. The topological polar surface area (TPSA) is 46.5 Å². The number of aromatic hydroxyl groups is 1. The molecule has 0 bridgehead atoms. The lowest BCUT2D eigenvalue weighted by Gasteiger charge is -2.11. The Hall–Kier alpha value is -2.39. The van der Waals surface area contributed by atoms with Crippen LogP contribution in [0.5, 0.6) is 5.75 Å². The molecule has 0 heterocycles. The molecule has 3 nitrogen and oxygen atoms in total. The van der Waals surface area contributed by atoms with Crippen molar-refractivity contribution in [3.63, 3.8) is 0 Å². The van der Waals surface area contributed by atoms with Crippen LogP contribution in [0.2, 0.25) is 0 Å². The van der Waals surface area contributed by atoms with Gasteiger partial charge in [0, 0.05) is 18.8 Å². The van der Waals surface area contributed by atoms with Crippen LogP contribution in [0.1, 0.15) is 23.2 Å². The van der Waals surface area contributed by atoms with E-state index in [0.717, 1.165) is 0 Å². The van der Waals surface area contributed by atoms with Gasteiger partial charge >= 0.3 is 5.97 Å². The van der Waals surface area contributed by atoms with Crippen LogP contribution in [0.4, 0.5) is 0 Å². The Morgan fingerprint density at radius 3 is 2.44 bits per heavy atom. The van der Waals surface area contributed by atoms with Crippen molar-refractivity contribution in [1.29, 1.82) is 1.43 Å². The normalized spacial score (nSPS) is 10.1. The van der Waals surface area contributed by atoms with E-state index in [1.165, 1.54) is 24.3 Å². The molecule has 1 aromatic carbocycles. The number of carbonyl (C=O) groups excluding carboxylic acids is 1. The molecule has 1 N–H and O–H groups in total. The lowest BCUT2D eigenvalue weighted by atomic mass is 10.0. The standard InChI is InChI=1S/C15H14O3/c1-3-5-12(6-4-2)11-18-15(17)13-7-9-14(16)10-8-13/h1-2,7-10,12,16H,5-6,11H2/i/hD. The number of hydrogen-bond acceptors (Lipinski definition) is 3. The first-order chi connectivity index (χ1) is 9.21. The highest BCUT2D eigenvalue weighted by Crippen LogP contribution is 2.12. The molecular formula is C15H14O3. The summed E-state index contributed by atoms with van der Waals surface area (Å²) in [4.78, 5) is 11.7. The number of hydrogen-bond donors (Lipinski definition) is 1. The molecule has 0 spiro atoms. The molecule has 0 aromatic heterocycles. The highest BCUT2D eigenvalue weighted by atomic mass is 16.5. The van der Waals surface area contributed by atoms with Crippen LogP contribution in [-0.2, 0) is 4.74 Å². The van der Waals surface area contributed by atoms with E-state index in [1.54, 1.807) is 0 Å². The summed E-state index contributed by atoms with van der Waals surface area (Å²) >= 11 is 0. The van der Waals surface area contributed by atoms with E-state index in [2.05, 4.69) is 16.9 Å². The van der Waals surface area contributed by atoms with Crippen molar-refractivity contribution in [2.75, 3.05) is 6.61 Å². The largest absolute Gasteiger partial charge is 0.508 e. The minimum atomic E-state index is -0.449. The second kappa shape index (κ2) is 7.04. The zero-order chi connectivity index (χ0) is 14.1. The zero-order valence-corrected chi connectivity index (χ0v) is 9.89. The predicted octanol–water partition coefficient (Wildman–Crippen LogP) is 2.21. The van der Waals surface area contributed by atoms with E-state index in [4.69, 9.17) is 19.0 Å². The maximum atomic E-state index is 11.7. The molecule has 0 saturated carbocycles. The van der Waals surface area contributed by atoms with Gasteiger partial charge in [-0.05, 0) is 24.3 Å². The van der Waals surface area contributed by atoms with Crippen LogP contribution in [0.3, 0.4) is 0 Å². The molecule has 1 rings (SSSR count). The Morgan fingerprint density at radius 2 is 1.94 bits per heavy atom. The Kier molecular flexibility index (Phi) is 4.72. The number of phenolic OH excluding ortho intramolecular Hbond substituents is 1. The van der Waals surface area contributed by atoms with Crippen molar-refractivity contribution in [3.05, 3.63) is 29.8 Å². The van der Waals surface area contributed by atoms with Gasteiger partial charge in [0.1, 0.15) is 5.75 Å². The fraction of sp³-hybridized carbons (Fsp3) is 0.267. The smallest absolute Gasteiger partial charge is 0.338 e. The van der Waals surface area contributed by atoms with E-state index in [-0.39, 0.29) is 12.5 Å². The van der Waals surface area contributed by atoms with Crippen LogP contribution >= 0.6 is 0 Å². The van der Waals surface area contributed by atoms with Gasteiger partial charge in [0.15, 0.2) is 0 Å². The fourth-order valence-corrected chi connectivity index (χ4v) is 1.39. The molecule has 0 unspecified atom stereocenters. The van der Waals surface area contributed by atoms with Gasteiger partial charge in [0.05, 0.1) is 12.2 Å². The Morgan fingerprint density at radius 1 is 1.33 bits per heavy atom. The van der Waals surface area contributed by atoms with Crippen molar-refractivity contribution in [1.82, 2.24) is 0 Å². The van der Waals surface area contributed by atoms with Gasteiger partial charge in [-0.2, -0.15) is 0 Å². The zero-order valence-electron chi connectivity index (χ0n) is 10.9. The van der Waals surface area contributed by atoms with Crippen molar-refractivity contribution < 1.29 is 14.6 Å². The summed E-state index contributed by atoms with van der Waals surface area (Å²) < 4.78 is 11.8. The quantitative estimate of drug-likeness (QED) is 0.615. The van der Waals surface area contributed by atoms with Gasteiger partial charge in [0.25, 0.3) is 1.43 Å². The molecule has 0 aliphatic heterocycles. The van der Waals surface area contributed by atoms with E-state index >= 15 is 0 Å². The molecule has 18 heavy (non-hydrogen) atoms. The Labute approximate surface area is 108 Å². The van der Waals surface area contributed by atoms with Crippen LogP contribution in [-0.4, -0.2) is 19.1 Å². The van der Waals surface area contributed by atoms with Gasteiger partial charge in [0.2, 0.25) is 0 Å². The summed E-state index contributed by atoms with van der Waals surface area (Å²) in [5.74, 6) is 4.90. The average Bonchev–Trinajstić information content (AvgIpc) is 2.45. The summed E-state index contributed by atoms with van der Waals surface area (Å²) in [6, 6.07) is 6.10. The molecule has 92 valence electrons. The van der Waals surface area contributed by atoms with Crippen LogP contribution in [0, 0.1) is 30.6 Å². The third kappa shape index (κ3) is 4.23. The molecular weight excluding hydrogens is 228 g/mol. The van der Waals surface area contributed by atoms with E-state index in [1.807, 2.05) is 0 Å². The summed E-state index contributed by atoms with van der Waals surface area (Å²) in [6.45, 7) is 0.198. The Bertz CT molecular complexity index is 478. The van der Waals surface area contributed by atoms with Crippen molar-refractivity contribution in [2.24, 2.45) is 5.92 Å². The number of carbonyl (C=O) groups is 1. The average molecular weight is 243 g/mol. The van der Waals surface area contributed by atoms with E-state index in [9.17, 15) is 4.79 Å². The number of rotatable bonds is 6. The van der Waals surface area contributed by atoms with Gasteiger partial charge in [-0.25, -0.2) is 4.79 Å². The second-order valence-electron chi connectivity index (χ2n) is 3.81. The molecule has 0 aliphatic rings. The molecule has 0 radical (unpaired) electrons. The first-order valence-corrected chi connectivity index (χ1v) is 5.48. The summed E-state index contributed by atoms with van der Waals surface area (Å²) in [5, 5.41) is 4.26. The van der Waals surface area contributed by atoms with Crippen LogP contribution < -0.4 is 0 Å². The molecule has 0 aliphatic carbocycles. The van der Waals surface area contributed by atoms with Crippen molar-refractivity contribution in [2.45, 2.75) is 12.8 Å². The van der Waals surface area contributed by atoms with Gasteiger partial charge in [-0.15, -0.1) is 24.7 Å². The first kappa shape index (κ1) is 12.1. The predicted molar refractivity (Wildman–Crippen MR) is 68.8 cm³/mol. The molecule has 1 aromatic rings. The number of benzene rings is 1.